The highest BCUT2D eigenvalue weighted by atomic mass is 35.5. The van der Waals surface area contributed by atoms with Gasteiger partial charge in [-0.25, -0.2) is 0 Å². The maximum absolute atomic E-state index is 11.1. The molecule has 1 aromatic rings. The standard InChI is InChI=1S/C13H18ClNO3/c1-3-17-7-8-18-9-11-5-4-6-12(14)13(11)15-10(2)16/h4-6H,3,7-9H2,1-2H3,(H,15,16). The third-order valence-electron chi connectivity index (χ3n) is 2.23. The maximum atomic E-state index is 11.1. The number of halogens is 1. The molecule has 0 radical (unpaired) electrons. The molecule has 1 amide bonds. The van der Waals surface area contributed by atoms with Crippen LogP contribution in [0.4, 0.5) is 5.69 Å². The van der Waals surface area contributed by atoms with Gasteiger partial charge in [0.1, 0.15) is 0 Å². The van der Waals surface area contributed by atoms with Crippen LogP contribution >= 0.6 is 11.6 Å². The van der Waals surface area contributed by atoms with Crippen molar-refractivity contribution in [3.63, 3.8) is 0 Å². The lowest BCUT2D eigenvalue weighted by Crippen LogP contribution is -2.10. The Bertz CT molecular complexity index is 396. The van der Waals surface area contributed by atoms with Gasteiger partial charge < -0.3 is 14.8 Å². The first-order valence-electron chi connectivity index (χ1n) is 5.85. The fourth-order valence-corrected chi connectivity index (χ4v) is 1.69. The molecule has 1 aromatic carbocycles. The molecule has 0 aliphatic carbocycles. The highest BCUT2D eigenvalue weighted by Gasteiger charge is 2.08. The van der Waals surface area contributed by atoms with Crippen LogP contribution in [0.2, 0.25) is 5.02 Å². The van der Waals surface area contributed by atoms with E-state index < -0.39 is 0 Å². The minimum atomic E-state index is -0.154. The van der Waals surface area contributed by atoms with Crippen molar-refractivity contribution in [1.82, 2.24) is 0 Å². The number of carbonyl (C=O) groups excluding carboxylic acids is 1. The number of hydrogen-bond acceptors (Lipinski definition) is 3. The van der Waals surface area contributed by atoms with Gasteiger partial charge in [-0.3, -0.25) is 4.79 Å². The molecule has 0 saturated carbocycles. The van der Waals surface area contributed by atoms with E-state index in [9.17, 15) is 4.79 Å². The normalized spacial score (nSPS) is 10.4. The lowest BCUT2D eigenvalue weighted by molar-refractivity contribution is -0.114. The quantitative estimate of drug-likeness (QED) is 0.776. The van der Waals surface area contributed by atoms with E-state index in [1.807, 2.05) is 19.1 Å². The molecule has 0 fully saturated rings. The summed E-state index contributed by atoms with van der Waals surface area (Å²) in [4.78, 5) is 11.1. The monoisotopic (exact) mass is 271 g/mol. The maximum Gasteiger partial charge on any atom is 0.221 e. The topological polar surface area (TPSA) is 47.6 Å². The Morgan fingerprint density at radius 2 is 2.06 bits per heavy atom. The smallest absolute Gasteiger partial charge is 0.221 e. The minimum absolute atomic E-state index is 0.154. The first-order chi connectivity index (χ1) is 8.65. The Labute approximate surface area is 112 Å². The molecule has 0 bridgehead atoms. The molecular formula is C13H18ClNO3. The van der Waals surface area contributed by atoms with Crippen molar-refractivity contribution in [1.29, 1.82) is 0 Å². The van der Waals surface area contributed by atoms with Crippen molar-refractivity contribution in [2.24, 2.45) is 0 Å². The van der Waals surface area contributed by atoms with Crippen molar-refractivity contribution in [3.05, 3.63) is 28.8 Å². The highest BCUT2D eigenvalue weighted by Crippen LogP contribution is 2.26. The average Bonchev–Trinajstić information content (AvgIpc) is 2.32. The first-order valence-corrected chi connectivity index (χ1v) is 6.23. The second-order valence-electron chi connectivity index (χ2n) is 3.70. The molecule has 0 aromatic heterocycles. The highest BCUT2D eigenvalue weighted by molar-refractivity contribution is 6.33. The Balaban J connectivity index is 2.58. The Hall–Kier alpha value is -1.10. The van der Waals surface area contributed by atoms with Crippen LogP contribution in [0.1, 0.15) is 19.4 Å². The molecule has 0 saturated heterocycles. The first kappa shape index (κ1) is 15.0. The molecule has 18 heavy (non-hydrogen) atoms. The van der Waals surface area contributed by atoms with Crippen molar-refractivity contribution in [2.45, 2.75) is 20.5 Å². The molecule has 0 heterocycles. The zero-order valence-electron chi connectivity index (χ0n) is 10.7. The molecule has 1 N–H and O–H groups in total. The van der Waals surface area contributed by atoms with Gasteiger partial charge in [0.25, 0.3) is 0 Å². The summed E-state index contributed by atoms with van der Waals surface area (Å²) in [7, 11) is 0. The average molecular weight is 272 g/mol. The SMILES string of the molecule is CCOCCOCc1cccc(Cl)c1NC(C)=O. The largest absolute Gasteiger partial charge is 0.379 e. The minimum Gasteiger partial charge on any atom is -0.379 e. The Kier molecular flexibility index (Phi) is 6.72. The van der Waals surface area contributed by atoms with Gasteiger partial charge in [-0.05, 0) is 13.0 Å². The summed E-state index contributed by atoms with van der Waals surface area (Å²) >= 11 is 6.04. The van der Waals surface area contributed by atoms with Gasteiger partial charge in [0.2, 0.25) is 5.91 Å². The lowest BCUT2D eigenvalue weighted by atomic mass is 10.2. The van der Waals surface area contributed by atoms with Gasteiger partial charge in [0.05, 0.1) is 30.5 Å². The summed E-state index contributed by atoms with van der Waals surface area (Å²) in [5, 5.41) is 3.22. The van der Waals surface area contributed by atoms with Crippen LogP contribution in [0.15, 0.2) is 18.2 Å². The summed E-state index contributed by atoms with van der Waals surface area (Å²) in [6, 6.07) is 5.43. The van der Waals surface area contributed by atoms with Gasteiger partial charge >= 0.3 is 0 Å². The summed E-state index contributed by atoms with van der Waals surface area (Å²) in [6.07, 6.45) is 0. The van der Waals surface area contributed by atoms with Crippen LogP contribution in [-0.4, -0.2) is 25.7 Å². The van der Waals surface area contributed by atoms with Gasteiger partial charge in [0.15, 0.2) is 0 Å². The van der Waals surface area contributed by atoms with Crippen molar-refractivity contribution in [3.8, 4) is 0 Å². The van der Waals surface area contributed by atoms with E-state index in [4.69, 9.17) is 21.1 Å². The molecule has 0 spiro atoms. The fraction of sp³-hybridized carbons (Fsp3) is 0.462. The van der Waals surface area contributed by atoms with Gasteiger partial charge in [-0.2, -0.15) is 0 Å². The Morgan fingerprint density at radius 3 is 2.72 bits per heavy atom. The van der Waals surface area contributed by atoms with Crippen molar-refractivity contribution < 1.29 is 14.3 Å². The van der Waals surface area contributed by atoms with Crippen LogP contribution < -0.4 is 5.32 Å². The molecule has 0 aliphatic rings. The van der Waals surface area contributed by atoms with Crippen molar-refractivity contribution >= 4 is 23.2 Å². The van der Waals surface area contributed by atoms with Crippen LogP contribution in [0, 0.1) is 0 Å². The van der Waals surface area contributed by atoms with E-state index >= 15 is 0 Å². The third kappa shape index (κ3) is 5.04. The van der Waals surface area contributed by atoms with Crippen LogP contribution in [0.3, 0.4) is 0 Å². The van der Waals surface area contributed by atoms with Crippen molar-refractivity contribution in [2.75, 3.05) is 25.1 Å². The predicted octanol–water partition coefficient (Wildman–Crippen LogP) is 2.85. The summed E-state index contributed by atoms with van der Waals surface area (Å²) in [5.74, 6) is -0.154. The zero-order chi connectivity index (χ0) is 13.4. The zero-order valence-corrected chi connectivity index (χ0v) is 11.4. The fourth-order valence-electron chi connectivity index (χ4n) is 1.45. The number of anilines is 1. The summed E-state index contributed by atoms with van der Waals surface area (Å²) in [5.41, 5.74) is 1.47. The molecule has 100 valence electrons. The number of para-hydroxylation sites is 1. The van der Waals surface area contributed by atoms with Crippen LogP contribution in [0.25, 0.3) is 0 Å². The molecule has 5 heteroatoms. The van der Waals surface area contributed by atoms with Gasteiger partial charge in [-0.15, -0.1) is 0 Å². The number of rotatable bonds is 7. The van der Waals surface area contributed by atoms with Gasteiger partial charge in [-0.1, -0.05) is 23.7 Å². The number of benzene rings is 1. The summed E-state index contributed by atoms with van der Waals surface area (Å²) < 4.78 is 10.6. The number of ether oxygens (including phenoxy) is 2. The number of hydrogen-bond donors (Lipinski definition) is 1. The van der Waals surface area contributed by atoms with E-state index in [1.54, 1.807) is 6.07 Å². The summed E-state index contributed by atoms with van der Waals surface area (Å²) in [6.45, 7) is 5.53. The molecule has 0 atom stereocenters. The predicted molar refractivity (Wildman–Crippen MR) is 71.9 cm³/mol. The molecular weight excluding hydrogens is 254 g/mol. The second-order valence-corrected chi connectivity index (χ2v) is 4.11. The third-order valence-corrected chi connectivity index (χ3v) is 2.55. The van der Waals surface area contributed by atoms with E-state index in [2.05, 4.69) is 5.32 Å². The molecule has 4 nitrogen and oxygen atoms in total. The lowest BCUT2D eigenvalue weighted by Gasteiger charge is -2.12. The molecule has 1 rings (SSSR count). The van der Waals surface area contributed by atoms with E-state index in [0.29, 0.717) is 37.1 Å². The number of amides is 1. The number of nitrogens with one attached hydrogen (secondary N) is 1. The van der Waals surface area contributed by atoms with E-state index in [0.717, 1.165) is 5.56 Å². The van der Waals surface area contributed by atoms with E-state index in [1.165, 1.54) is 6.92 Å². The second kappa shape index (κ2) is 8.08. The Morgan fingerprint density at radius 1 is 1.33 bits per heavy atom. The number of carbonyl (C=O) groups is 1. The van der Waals surface area contributed by atoms with Crippen LogP contribution in [0.5, 0.6) is 0 Å². The van der Waals surface area contributed by atoms with E-state index in [-0.39, 0.29) is 5.91 Å². The van der Waals surface area contributed by atoms with Gasteiger partial charge in [0, 0.05) is 19.1 Å². The molecule has 0 unspecified atom stereocenters. The molecule has 0 aliphatic heterocycles. The van der Waals surface area contributed by atoms with Crippen LogP contribution in [-0.2, 0) is 20.9 Å².